The topological polar surface area (TPSA) is 171 Å². The molecule has 0 fully saturated rings. The van der Waals surface area contributed by atoms with Crippen LogP contribution < -0.4 is 21.4 Å². The van der Waals surface area contributed by atoms with E-state index >= 15 is 9.59 Å². The number of benzene rings is 2. The minimum absolute atomic E-state index is 0.103. The summed E-state index contributed by atoms with van der Waals surface area (Å²) >= 11 is 0. The van der Waals surface area contributed by atoms with Crippen molar-refractivity contribution in [3.63, 3.8) is 0 Å². The Labute approximate surface area is 425 Å². The van der Waals surface area contributed by atoms with Gasteiger partial charge >= 0.3 is 12.2 Å². The number of rotatable bonds is 20. The van der Waals surface area contributed by atoms with Crippen molar-refractivity contribution in [2.75, 3.05) is 13.7 Å². The van der Waals surface area contributed by atoms with Gasteiger partial charge in [-0.2, -0.15) is 0 Å². The lowest BCUT2D eigenvalue weighted by atomic mass is 9.55. The van der Waals surface area contributed by atoms with Gasteiger partial charge in [0.05, 0.1) is 40.2 Å². The van der Waals surface area contributed by atoms with E-state index in [9.17, 15) is 14.7 Å². The number of alkyl carbamates (subject to hydrolysis) is 2. The number of amides is 4. The number of carbonyl (C=O) groups is 4. The summed E-state index contributed by atoms with van der Waals surface area (Å²) < 4.78 is 37.3. The minimum Gasteiger partial charge on any atom is -0.453 e. The summed E-state index contributed by atoms with van der Waals surface area (Å²) in [5.74, 6) is -1.32. The van der Waals surface area contributed by atoms with Crippen LogP contribution in [0.15, 0.2) is 54.7 Å². The Morgan fingerprint density at radius 2 is 1.39 bits per heavy atom. The molecule has 4 amide bonds. The minimum atomic E-state index is -2.05. The van der Waals surface area contributed by atoms with E-state index in [-0.39, 0.29) is 30.6 Å². The first-order chi connectivity index (χ1) is 33.3. The predicted molar refractivity (Wildman–Crippen MR) is 282 cm³/mol. The zero-order chi connectivity index (χ0) is 56.4. The Bertz CT molecular complexity index is 2480. The fourth-order valence-electron chi connectivity index (χ4n) is 10.7. The SMILES string of the molecule is [2H]c1c([2H])c(C)c(C(C)(C)[C@H](NC(=O)[C@@](C)(NC(=O)OC(C)C)C(C)(CC)C(C)(C)C)[C@@](C)(O)CN(NC(=O)[C@@H](NC(=O)OC)C(C)(CC)C(C)C)C(C)(C)c2ccc(-c3ncccc3C)cc2C)c(C)c1[2H]. The Balaban J connectivity index is 2.53. The number of aliphatic hydroxyl groups is 1. The van der Waals surface area contributed by atoms with Gasteiger partial charge in [0.25, 0.3) is 5.91 Å². The third-order valence-electron chi connectivity index (χ3n) is 16.1. The van der Waals surface area contributed by atoms with E-state index in [1.807, 2.05) is 134 Å². The van der Waals surface area contributed by atoms with E-state index in [4.69, 9.17) is 13.6 Å². The van der Waals surface area contributed by atoms with Gasteiger partial charge in [-0.25, -0.2) is 14.6 Å². The first-order valence-electron chi connectivity index (χ1n) is 26.3. The van der Waals surface area contributed by atoms with Crippen LogP contribution in [0, 0.1) is 49.9 Å². The second kappa shape index (κ2) is 22.2. The third kappa shape index (κ3) is 12.2. The van der Waals surface area contributed by atoms with Crippen molar-refractivity contribution in [2.24, 2.45) is 22.2 Å². The highest BCUT2D eigenvalue weighted by molar-refractivity contribution is 5.91. The molecule has 2 aromatic carbocycles. The molecule has 70 heavy (non-hydrogen) atoms. The van der Waals surface area contributed by atoms with Gasteiger partial charge in [0.1, 0.15) is 11.6 Å². The molecule has 2 unspecified atom stereocenters. The zero-order valence-electron chi connectivity index (χ0n) is 49.7. The van der Waals surface area contributed by atoms with E-state index in [1.54, 1.807) is 52.7 Å². The average molecular weight is 974 g/mol. The van der Waals surface area contributed by atoms with Crippen molar-refractivity contribution in [1.82, 2.24) is 31.4 Å². The standard InChI is InChI=1S/C57H90N6O7/c1-23-54(18,35(3)4)45(59-49(66)69-22)46(64)62-63(53(16,17)42-31-30-41(33-40(42)10)44-39(9)29-26-32-58-44)34-55(19,68)47(52(14,15)43-37(7)27-25-28-38(43)8)60-48(65)57(21,61-50(67)70-36(5)6)56(20,24-2)51(11,12)13/h25-33,35-36,45,47,68H,23-24,34H2,1-22H3,(H,59,66)(H,60,65)(H,61,67)(H,62,64)/t45-,47+,54?,55+,56?,57-/m1/s1/i25D,27D,28D. The van der Waals surface area contributed by atoms with E-state index in [1.165, 1.54) is 7.11 Å². The molecule has 3 aromatic rings. The highest BCUT2D eigenvalue weighted by atomic mass is 16.6. The molecule has 0 saturated carbocycles. The molecule has 0 aliphatic heterocycles. The van der Waals surface area contributed by atoms with Gasteiger partial charge in [-0.1, -0.05) is 112 Å². The van der Waals surface area contributed by atoms with Crippen LogP contribution in [0.4, 0.5) is 9.59 Å². The molecule has 6 atom stereocenters. The molecule has 1 aromatic heterocycles. The predicted octanol–water partition coefficient (Wildman–Crippen LogP) is 10.9. The van der Waals surface area contributed by atoms with Gasteiger partial charge < -0.3 is 30.5 Å². The van der Waals surface area contributed by atoms with E-state index < -0.39 is 80.5 Å². The number of aromatic nitrogens is 1. The second-order valence-corrected chi connectivity index (χ2v) is 23.0. The molecule has 0 spiro atoms. The van der Waals surface area contributed by atoms with Crippen LogP contribution >= 0.6 is 0 Å². The van der Waals surface area contributed by atoms with Crippen LogP contribution in [-0.4, -0.2) is 82.1 Å². The van der Waals surface area contributed by atoms with Crippen LogP contribution in [0.3, 0.4) is 0 Å². The molecule has 13 nitrogen and oxygen atoms in total. The first kappa shape index (κ1) is 54.3. The summed E-state index contributed by atoms with van der Waals surface area (Å²) in [5, 5.41) is 24.4. The number of carbonyl (C=O) groups excluding carboxylic acids is 4. The first-order valence-corrected chi connectivity index (χ1v) is 24.8. The maximum absolute atomic E-state index is 15.8. The van der Waals surface area contributed by atoms with Gasteiger partial charge in [0.15, 0.2) is 0 Å². The molecular weight excluding hydrogens is 881 g/mol. The maximum atomic E-state index is 15.8. The normalized spacial score (nSPS) is 17.4. The summed E-state index contributed by atoms with van der Waals surface area (Å²) in [6, 6.07) is 6.80. The summed E-state index contributed by atoms with van der Waals surface area (Å²) in [4.78, 5) is 62.6. The third-order valence-corrected chi connectivity index (χ3v) is 16.1. The molecule has 0 saturated heterocycles. The van der Waals surface area contributed by atoms with Crippen LogP contribution in [0.25, 0.3) is 11.3 Å². The van der Waals surface area contributed by atoms with Crippen molar-refractivity contribution >= 4 is 24.0 Å². The summed E-state index contributed by atoms with van der Waals surface area (Å²) in [6.07, 6.45) is 0.564. The number of ether oxygens (including phenoxy) is 2. The van der Waals surface area contributed by atoms with Crippen molar-refractivity contribution < 1.29 is 37.9 Å². The molecule has 0 aliphatic carbocycles. The van der Waals surface area contributed by atoms with Crippen molar-refractivity contribution in [3.8, 4) is 11.3 Å². The van der Waals surface area contributed by atoms with E-state index in [2.05, 4.69) is 26.4 Å². The van der Waals surface area contributed by atoms with E-state index in [0.29, 0.717) is 29.5 Å². The second-order valence-electron chi connectivity index (χ2n) is 23.0. The van der Waals surface area contributed by atoms with Gasteiger partial charge in [-0.05, 0) is 144 Å². The summed E-state index contributed by atoms with van der Waals surface area (Å²) in [7, 11) is 1.23. The Hall–Kier alpha value is -5.01. The molecule has 0 radical (unpaired) electrons. The Morgan fingerprint density at radius 1 is 0.800 bits per heavy atom. The van der Waals surface area contributed by atoms with Gasteiger partial charge in [0, 0.05) is 29.1 Å². The number of nitrogens with one attached hydrogen (secondary N) is 4. The highest BCUT2D eigenvalue weighted by Crippen LogP contribution is 2.50. The van der Waals surface area contributed by atoms with Gasteiger partial charge in [-0.3, -0.25) is 20.0 Å². The van der Waals surface area contributed by atoms with Crippen LogP contribution in [0.2, 0.25) is 0 Å². The molecule has 0 bridgehead atoms. The number of hydrogen-bond donors (Lipinski definition) is 5. The maximum Gasteiger partial charge on any atom is 0.408 e. The lowest BCUT2D eigenvalue weighted by Crippen LogP contribution is -2.73. The van der Waals surface area contributed by atoms with Crippen molar-refractivity contribution in [2.45, 2.75) is 199 Å². The summed E-state index contributed by atoms with van der Waals surface area (Å²) in [5.41, 5.74) is 0.158. The lowest BCUT2D eigenvalue weighted by Gasteiger charge is -2.55. The molecule has 390 valence electrons. The number of aryl methyl sites for hydroxylation is 2. The molecule has 0 aliphatic rings. The Kier molecular flexibility index (Phi) is 17.2. The van der Waals surface area contributed by atoms with Crippen LogP contribution in [-0.2, 0) is 30.0 Å². The quantitative estimate of drug-likeness (QED) is 0.0691. The zero-order valence-corrected chi connectivity index (χ0v) is 46.7. The van der Waals surface area contributed by atoms with Crippen LogP contribution in [0.5, 0.6) is 0 Å². The number of methoxy groups -OCH3 is 1. The largest absolute Gasteiger partial charge is 0.453 e. The molecule has 13 heteroatoms. The molecule has 3 rings (SSSR count). The number of nitrogens with zero attached hydrogens (tertiary/aromatic N) is 2. The lowest BCUT2D eigenvalue weighted by molar-refractivity contribution is -0.146. The number of hydrogen-bond acceptors (Lipinski definition) is 9. The summed E-state index contributed by atoms with van der Waals surface area (Å²) in [6.45, 7) is 38.8. The molecule has 5 N–H and O–H groups in total. The molecular formula is C57H90N6O7. The van der Waals surface area contributed by atoms with Gasteiger partial charge in [0.2, 0.25) is 5.91 Å². The van der Waals surface area contributed by atoms with Gasteiger partial charge in [-0.15, -0.1) is 0 Å². The fourth-order valence-corrected chi connectivity index (χ4v) is 10.7. The van der Waals surface area contributed by atoms with Crippen LogP contribution in [0.1, 0.15) is 168 Å². The monoisotopic (exact) mass is 974 g/mol. The fraction of sp³-hybridized carbons (Fsp3) is 0.632. The Morgan fingerprint density at radius 3 is 1.86 bits per heavy atom. The van der Waals surface area contributed by atoms with Crippen molar-refractivity contribution in [1.29, 1.82) is 0 Å². The number of pyridine rings is 1. The van der Waals surface area contributed by atoms with Crippen molar-refractivity contribution in [3.05, 3.63) is 88.0 Å². The highest BCUT2D eigenvalue weighted by Gasteiger charge is 2.58. The average Bonchev–Trinajstić information content (AvgIpc) is 3.28. The smallest absolute Gasteiger partial charge is 0.408 e. The van der Waals surface area contributed by atoms with E-state index in [0.717, 1.165) is 27.9 Å². The number of hydrazine groups is 1. The molecule has 1 heterocycles.